The van der Waals surface area contributed by atoms with Crippen LogP contribution in [0.5, 0.6) is 0 Å². The minimum atomic E-state index is 0.464. The fourth-order valence-corrected chi connectivity index (χ4v) is 7.37. The van der Waals surface area contributed by atoms with Crippen LogP contribution < -0.4 is 0 Å². The van der Waals surface area contributed by atoms with Crippen LogP contribution in [0, 0.1) is 0 Å². The zero-order valence-electron chi connectivity index (χ0n) is 26.3. The van der Waals surface area contributed by atoms with Gasteiger partial charge in [-0.1, -0.05) is 152 Å². The Morgan fingerprint density at radius 1 is 0.356 bits per heavy atom. The molecule has 0 radical (unpaired) electrons. The fraction of sp³-hybridized carbons (Fsp3) is 0. The van der Waals surface area contributed by atoms with E-state index in [1.54, 1.807) is 0 Å². The first-order chi connectivity index (χ1) is 23.1. The Morgan fingerprint density at radius 3 is 1.69 bits per heavy atom. The van der Waals surface area contributed by atoms with E-state index in [-0.39, 0.29) is 0 Å². The molecule has 0 fully saturated rings. The molecule has 10 rings (SSSR count). The number of benzene rings is 9. The van der Waals surface area contributed by atoms with Crippen LogP contribution in [-0.4, -0.2) is 0 Å². The van der Waals surface area contributed by atoms with Gasteiger partial charge in [-0.2, -0.15) is 0 Å². The number of fused-ring (bicyclic) bond motifs is 4. The van der Waals surface area contributed by atoms with Gasteiger partial charge in [0.15, 0.2) is 0 Å². The molecule has 9 aromatic carbocycles. The van der Waals surface area contributed by atoms with Crippen LogP contribution in [-0.2, 0) is 0 Å². The number of furan rings is 1. The van der Waals surface area contributed by atoms with Crippen LogP contribution in [0.2, 0.25) is 0 Å². The summed E-state index contributed by atoms with van der Waals surface area (Å²) in [7, 11) is 0. The first kappa shape index (κ1) is 22.6. The lowest BCUT2D eigenvalue weighted by atomic mass is 9.87. The Bertz CT molecular complexity index is 2860. The van der Waals surface area contributed by atoms with Crippen molar-refractivity contribution in [1.29, 1.82) is 0 Å². The summed E-state index contributed by atoms with van der Waals surface area (Å²) in [5.74, 6) is 0. The Kier molecular flexibility index (Phi) is 4.66. The summed E-state index contributed by atoms with van der Waals surface area (Å²) in [6.45, 7) is 0. The van der Waals surface area contributed by atoms with E-state index >= 15 is 0 Å². The van der Waals surface area contributed by atoms with Gasteiger partial charge in [0.2, 0.25) is 0 Å². The molecule has 0 aliphatic rings. The number of hydrogen-bond acceptors (Lipinski definition) is 1. The Hall–Kier alpha value is -5.92. The maximum atomic E-state index is 9.17. The molecule has 0 aliphatic heterocycles. The summed E-state index contributed by atoms with van der Waals surface area (Å²) in [5.41, 5.74) is 8.10. The van der Waals surface area contributed by atoms with Crippen molar-refractivity contribution in [3.8, 4) is 33.4 Å². The average Bonchev–Trinajstić information content (AvgIpc) is 3.51. The normalized spacial score (nSPS) is 12.6. The Labute approximate surface area is 262 Å². The van der Waals surface area contributed by atoms with Crippen molar-refractivity contribution in [1.82, 2.24) is 0 Å². The third-order valence-corrected chi connectivity index (χ3v) is 9.48. The molecular formula is C44H26O. The molecule has 45 heavy (non-hydrogen) atoms. The predicted molar refractivity (Wildman–Crippen MR) is 191 cm³/mol. The van der Waals surface area contributed by atoms with E-state index in [0.29, 0.717) is 12.1 Å². The molecule has 0 N–H and O–H groups in total. The van der Waals surface area contributed by atoms with Gasteiger partial charge in [-0.05, 0) is 77.0 Å². The molecule has 1 nitrogen and oxygen atoms in total. The highest BCUT2D eigenvalue weighted by atomic mass is 16.3. The molecule has 0 unspecified atom stereocenters. The summed E-state index contributed by atoms with van der Waals surface area (Å²) in [6.07, 6.45) is 0. The topological polar surface area (TPSA) is 13.1 Å². The van der Waals surface area contributed by atoms with Crippen molar-refractivity contribution in [3.63, 3.8) is 0 Å². The smallest absolute Gasteiger partial charge is 0.143 e. The number of para-hydroxylation sites is 2. The quantitative estimate of drug-likeness (QED) is 0.192. The highest BCUT2D eigenvalue weighted by Crippen LogP contribution is 2.44. The van der Waals surface area contributed by atoms with E-state index in [1.807, 2.05) is 30.3 Å². The van der Waals surface area contributed by atoms with Crippen molar-refractivity contribution < 1.29 is 7.16 Å². The summed E-state index contributed by atoms with van der Waals surface area (Å²) in [5, 5.41) is 10.6. The molecule has 0 amide bonds. The van der Waals surface area contributed by atoms with E-state index in [0.717, 1.165) is 82.1 Å². The summed E-state index contributed by atoms with van der Waals surface area (Å²) < 4.78 is 24.7. The fourth-order valence-electron chi connectivity index (χ4n) is 7.37. The molecule has 10 aromatic rings. The second-order valence-electron chi connectivity index (χ2n) is 11.9. The monoisotopic (exact) mass is 572 g/mol. The minimum Gasteiger partial charge on any atom is -0.455 e. The lowest BCUT2D eigenvalue weighted by Gasteiger charge is -2.17. The van der Waals surface area contributed by atoms with E-state index in [1.165, 1.54) is 16.3 Å². The lowest BCUT2D eigenvalue weighted by Crippen LogP contribution is -1.90. The maximum absolute atomic E-state index is 9.17. The van der Waals surface area contributed by atoms with E-state index in [2.05, 4.69) is 115 Å². The SMILES string of the molecule is [2H]c1cc(-c2ccc(-c3cccc4ccccc34)cc2)c2ccc3c([2H])cc(-c4cccc5c4oc4ccccc45)c4ccc1c2c34. The standard InChI is InChI=1S/C44H26O/c1-2-9-32-27(7-1)8-5-11-33(32)28-15-17-29(18-16-28)34-23-19-30-22-26-38-35(24-20-31-21-25-37(34)42(30)43(31)38)39-12-6-13-40-36-10-3-4-14-41(36)45-44(39)40/h1-26H/i19D,20D. The predicted octanol–water partition coefficient (Wildman–Crippen LogP) is 12.6. The molecule has 0 bridgehead atoms. The lowest BCUT2D eigenvalue weighted by molar-refractivity contribution is 0.670. The average molecular weight is 573 g/mol. The molecule has 1 aromatic heterocycles. The molecule has 0 saturated carbocycles. The third-order valence-electron chi connectivity index (χ3n) is 9.48. The van der Waals surface area contributed by atoms with E-state index in [4.69, 9.17) is 7.16 Å². The Morgan fingerprint density at radius 2 is 0.911 bits per heavy atom. The molecule has 1 heterocycles. The van der Waals surface area contributed by atoms with Gasteiger partial charge >= 0.3 is 0 Å². The highest BCUT2D eigenvalue weighted by Gasteiger charge is 2.18. The van der Waals surface area contributed by atoms with E-state index < -0.39 is 0 Å². The first-order valence-corrected chi connectivity index (χ1v) is 15.3. The van der Waals surface area contributed by atoms with Gasteiger partial charge in [0, 0.05) is 16.3 Å². The van der Waals surface area contributed by atoms with Gasteiger partial charge in [0.05, 0.1) is 2.74 Å². The van der Waals surface area contributed by atoms with Gasteiger partial charge in [0.1, 0.15) is 11.2 Å². The third kappa shape index (κ3) is 3.56. The van der Waals surface area contributed by atoms with Crippen LogP contribution in [0.4, 0.5) is 0 Å². The zero-order chi connectivity index (χ0) is 31.2. The maximum Gasteiger partial charge on any atom is 0.143 e. The Balaban J connectivity index is 1.20. The summed E-state index contributed by atoms with van der Waals surface area (Å²) in [4.78, 5) is 0. The second kappa shape index (κ2) is 9.29. The van der Waals surface area contributed by atoms with Gasteiger partial charge in [0.25, 0.3) is 0 Å². The molecule has 0 atom stereocenters. The molecule has 1 heteroatoms. The van der Waals surface area contributed by atoms with Gasteiger partial charge < -0.3 is 4.42 Å². The van der Waals surface area contributed by atoms with Crippen LogP contribution in [0.3, 0.4) is 0 Å². The van der Waals surface area contributed by atoms with Crippen molar-refractivity contribution in [2.24, 2.45) is 0 Å². The van der Waals surface area contributed by atoms with Crippen molar-refractivity contribution in [2.45, 2.75) is 0 Å². The molecule has 0 spiro atoms. The van der Waals surface area contributed by atoms with Crippen molar-refractivity contribution in [2.75, 3.05) is 0 Å². The summed E-state index contributed by atoms with van der Waals surface area (Å²) in [6, 6.07) is 51.4. The minimum absolute atomic E-state index is 0.464. The molecular weight excluding hydrogens is 544 g/mol. The highest BCUT2D eigenvalue weighted by molar-refractivity contribution is 6.28. The van der Waals surface area contributed by atoms with Crippen LogP contribution >= 0.6 is 0 Å². The molecule has 208 valence electrons. The zero-order valence-corrected chi connectivity index (χ0v) is 24.3. The first-order valence-electron chi connectivity index (χ1n) is 16.3. The summed E-state index contributed by atoms with van der Waals surface area (Å²) >= 11 is 0. The van der Waals surface area contributed by atoms with Crippen LogP contribution in [0.15, 0.2) is 162 Å². The van der Waals surface area contributed by atoms with Gasteiger partial charge in [-0.25, -0.2) is 0 Å². The van der Waals surface area contributed by atoms with Crippen molar-refractivity contribution >= 4 is 65.0 Å². The van der Waals surface area contributed by atoms with Crippen LogP contribution in [0.1, 0.15) is 2.74 Å². The van der Waals surface area contributed by atoms with Gasteiger partial charge in [-0.3, -0.25) is 0 Å². The molecule has 0 aliphatic carbocycles. The second-order valence-corrected chi connectivity index (χ2v) is 11.9. The van der Waals surface area contributed by atoms with E-state index in [9.17, 15) is 0 Å². The van der Waals surface area contributed by atoms with Crippen molar-refractivity contribution in [3.05, 3.63) is 158 Å². The van der Waals surface area contributed by atoms with Crippen LogP contribution in [0.25, 0.3) is 98.4 Å². The molecule has 0 saturated heterocycles. The largest absolute Gasteiger partial charge is 0.455 e. The number of hydrogen-bond donors (Lipinski definition) is 0. The number of rotatable bonds is 3. The van der Waals surface area contributed by atoms with Gasteiger partial charge in [-0.15, -0.1) is 0 Å².